The Labute approximate surface area is 196 Å². The van der Waals surface area contributed by atoms with Crippen molar-refractivity contribution in [3.63, 3.8) is 0 Å². The summed E-state index contributed by atoms with van der Waals surface area (Å²) in [6.07, 6.45) is 1.20. The quantitative estimate of drug-likeness (QED) is 0.248. The standard InChI is InChI=1S/C19H25ClF3N5O.HI/c1-24-18(25-6-2-13-4-8-29-9-5-13)27-15-3-7-28(12-15)17-16(20)10-14(11-26-17)19(21,22)23;/h4,10-11,15H,2-3,5-9,12H2,1H3,(H2,24,25,27);1H. The Bertz CT molecular complexity index is 775. The van der Waals surface area contributed by atoms with E-state index in [1.165, 1.54) is 5.57 Å². The zero-order valence-electron chi connectivity index (χ0n) is 16.6. The lowest BCUT2D eigenvalue weighted by Crippen LogP contribution is -2.45. The molecule has 2 aliphatic heterocycles. The van der Waals surface area contributed by atoms with Crippen LogP contribution in [0, 0.1) is 0 Å². The molecule has 1 unspecified atom stereocenters. The van der Waals surface area contributed by atoms with Crippen LogP contribution in [0.2, 0.25) is 5.02 Å². The van der Waals surface area contributed by atoms with Crippen LogP contribution in [-0.4, -0.2) is 56.9 Å². The van der Waals surface area contributed by atoms with Gasteiger partial charge in [-0.05, 0) is 25.3 Å². The van der Waals surface area contributed by atoms with Crippen molar-refractivity contribution in [2.75, 3.05) is 44.8 Å². The first-order chi connectivity index (χ1) is 13.9. The monoisotopic (exact) mass is 559 g/mol. The average molecular weight is 560 g/mol. The lowest BCUT2D eigenvalue weighted by Gasteiger charge is -2.21. The molecule has 0 bridgehead atoms. The van der Waals surface area contributed by atoms with Gasteiger partial charge in [0.25, 0.3) is 0 Å². The van der Waals surface area contributed by atoms with E-state index in [1.807, 2.05) is 4.90 Å². The van der Waals surface area contributed by atoms with Crippen LogP contribution in [0.5, 0.6) is 0 Å². The lowest BCUT2D eigenvalue weighted by molar-refractivity contribution is -0.137. The number of anilines is 1. The number of nitrogens with zero attached hydrogens (tertiary/aromatic N) is 3. The topological polar surface area (TPSA) is 61.8 Å². The highest BCUT2D eigenvalue weighted by Gasteiger charge is 2.33. The van der Waals surface area contributed by atoms with Gasteiger partial charge in [-0.25, -0.2) is 4.98 Å². The largest absolute Gasteiger partial charge is 0.417 e. The SMILES string of the molecule is CN=C(NCCC1=CCOCC1)NC1CCN(c2ncc(C(F)(F)F)cc2Cl)C1.I. The van der Waals surface area contributed by atoms with Gasteiger partial charge < -0.3 is 20.3 Å². The third kappa shape index (κ3) is 6.88. The summed E-state index contributed by atoms with van der Waals surface area (Å²) in [5, 5.41) is 6.67. The minimum absolute atomic E-state index is 0. The molecule has 1 atom stereocenters. The maximum absolute atomic E-state index is 12.8. The second kappa shape index (κ2) is 11.4. The van der Waals surface area contributed by atoms with E-state index in [0.717, 1.165) is 44.7 Å². The highest BCUT2D eigenvalue weighted by Crippen LogP contribution is 2.34. The Balaban J connectivity index is 0.00000320. The number of aliphatic imine (C=N–C) groups is 1. The average Bonchev–Trinajstić information content (AvgIpc) is 3.15. The lowest BCUT2D eigenvalue weighted by atomic mass is 10.1. The van der Waals surface area contributed by atoms with E-state index in [1.54, 1.807) is 7.05 Å². The molecule has 0 spiro atoms. The molecule has 2 aliphatic rings. The van der Waals surface area contributed by atoms with Crippen LogP contribution >= 0.6 is 35.6 Å². The Hall–Kier alpha value is -1.27. The molecule has 11 heteroatoms. The van der Waals surface area contributed by atoms with E-state index in [0.29, 0.717) is 31.5 Å². The van der Waals surface area contributed by atoms with Gasteiger partial charge in [-0.2, -0.15) is 13.2 Å². The summed E-state index contributed by atoms with van der Waals surface area (Å²) < 4.78 is 43.7. The van der Waals surface area contributed by atoms with E-state index < -0.39 is 11.7 Å². The van der Waals surface area contributed by atoms with Gasteiger partial charge >= 0.3 is 6.18 Å². The molecular weight excluding hydrogens is 534 g/mol. The highest BCUT2D eigenvalue weighted by atomic mass is 127. The summed E-state index contributed by atoms with van der Waals surface area (Å²) in [6, 6.07) is 1.03. The van der Waals surface area contributed by atoms with Crippen molar-refractivity contribution in [1.29, 1.82) is 0 Å². The molecule has 1 saturated heterocycles. The molecule has 168 valence electrons. The van der Waals surface area contributed by atoms with Gasteiger partial charge in [0, 0.05) is 38.9 Å². The number of ether oxygens (including phenoxy) is 1. The summed E-state index contributed by atoms with van der Waals surface area (Å²) >= 11 is 6.06. The normalized spacial score (nSPS) is 19.9. The van der Waals surface area contributed by atoms with E-state index in [4.69, 9.17) is 16.3 Å². The molecule has 0 aliphatic carbocycles. The third-order valence-corrected chi connectivity index (χ3v) is 5.28. The van der Waals surface area contributed by atoms with Gasteiger partial charge in [-0.3, -0.25) is 4.99 Å². The summed E-state index contributed by atoms with van der Waals surface area (Å²) in [5.74, 6) is 1.08. The minimum atomic E-state index is -4.46. The second-order valence-electron chi connectivity index (χ2n) is 7.04. The molecule has 30 heavy (non-hydrogen) atoms. The van der Waals surface area contributed by atoms with Gasteiger partial charge in [-0.1, -0.05) is 23.3 Å². The summed E-state index contributed by atoms with van der Waals surface area (Å²) in [6.45, 7) is 3.47. The number of pyridine rings is 1. The number of hydrogen-bond acceptors (Lipinski definition) is 4. The third-order valence-electron chi connectivity index (χ3n) is 5.00. The smallest absolute Gasteiger partial charge is 0.377 e. The molecule has 3 heterocycles. The summed E-state index contributed by atoms with van der Waals surface area (Å²) in [5.41, 5.74) is 0.540. The van der Waals surface area contributed by atoms with Crippen molar-refractivity contribution in [3.8, 4) is 0 Å². The van der Waals surface area contributed by atoms with Crippen LogP contribution in [0.25, 0.3) is 0 Å². The highest BCUT2D eigenvalue weighted by molar-refractivity contribution is 14.0. The van der Waals surface area contributed by atoms with E-state index in [-0.39, 0.29) is 35.0 Å². The molecule has 0 amide bonds. The zero-order chi connectivity index (χ0) is 20.9. The van der Waals surface area contributed by atoms with Crippen LogP contribution in [0.3, 0.4) is 0 Å². The fraction of sp³-hybridized carbons (Fsp3) is 0.579. The van der Waals surface area contributed by atoms with Gasteiger partial charge in [0.05, 0.1) is 23.8 Å². The fourth-order valence-corrected chi connectivity index (χ4v) is 3.70. The molecule has 1 aromatic rings. The van der Waals surface area contributed by atoms with Crippen LogP contribution < -0.4 is 15.5 Å². The van der Waals surface area contributed by atoms with E-state index >= 15 is 0 Å². The molecule has 3 rings (SSSR count). The van der Waals surface area contributed by atoms with E-state index in [9.17, 15) is 13.2 Å². The maximum Gasteiger partial charge on any atom is 0.417 e. The van der Waals surface area contributed by atoms with E-state index in [2.05, 4.69) is 26.7 Å². The van der Waals surface area contributed by atoms with Gasteiger partial charge in [-0.15, -0.1) is 24.0 Å². The maximum atomic E-state index is 12.8. The Morgan fingerprint density at radius 3 is 2.87 bits per heavy atom. The molecule has 0 saturated carbocycles. The van der Waals surface area contributed by atoms with Crippen LogP contribution in [0.1, 0.15) is 24.8 Å². The van der Waals surface area contributed by atoms with Gasteiger partial charge in [0.15, 0.2) is 5.96 Å². The van der Waals surface area contributed by atoms with Crippen molar-refractivity contribution in [2.45, 2.75) is 31.5 Å². The number of rotatable bonds is 5. The first kappa shape index (κ1) is 25.0. The summed E-state index contributed by atoms with van der Waals surface area (Å²) in [7, 11) is 1.71. The first-order valence-electron chi connectivity index (χ1n) is 9.57. The predicted octanol–water partition coefficient (Wildman–Crippen LogP) is 3.85. The molecular formula is C19H26ClF3IN5O. The Morgan fingerprint density at radius 2 is 2.23 bits per heavy atom. The Kier molecular flexibility index (Phi) is 9.48. The first-order valence-corrected chi connectivity index (χ1v) is 9.95. The van der Waals surface area contributed by atoms with Crippen LogP contribution in [-0.2, 0) is 10.9 Å². The van der Waals surface area contributed by atoms with Crippen molar-refractivity contribution >= 4 is 47.4 Å². The molecule has 1 fully saturated rings. The zero-order valence-corrected chi connectivity index (χ0v) is 19.7. The predicted molar refractivity (Wildman–Crippen MR) is 123 cm³/mol. The van der Waals surface area contributed by atoms with Crippen LogP contribution in [0.4, 0.5) is 19.0 Å². The fourth-order valence-electron chi connectivity index (χ4n) is 3.41. The molecule has 1 aromatic heterocycles. The molecule has 6 nitrogen and oxygen atoms in total. The van der Waals surface area contributed by atoms with Crippen molar-refractivity contribution in [3.05, 3.63) is 34.5 Å². The molecule has 0 radical (unpaired) electrons. The number of hydrogen-bond donors (Lipinski definition) is 2. The molecule has 2 N–H and O–H groups in total. The van der Waals surface area contributed by atoms with Gasteiger partial charge in [0.1, 0.15) is 5.82 Å². The van der Waals surface area contributed by atoms with Crippen molar-refractivity contribution < 1.29 is 17.9 Å². The van der Waals surface area contributed by atoms with Gasteiger partial charge in [0.2, 0.25) is 0 Å². The number of halogens is 5. The van der Waals surface area contributed by atoms with Crippen LogP contribution in [0.15, 0.2) is 28.9 Å². The Morgan fingerprint density at radius 1 is 1.43 bits per heavy atom. The second-order valence-corrected chi connectivity index (χ2v) is 7.45. The summed E-state index contributed by atoms with van der Waals surface area (Å²) in [4.78, 5) is 10.1. The number of nitrogens with one attached hydrogen (secondary N) is 2. The van der Waals surface area contributed by atoms with Crippen molar-refractivity contribution in [1.82, 2.24) is 15.6 Å². The number of alkyl halides is 3. The minimum Gasteiger partial charge on any atom is -0.377 e. The molecule has 0 aromatic carbocycles. The number of aromatic nitrogens is 1. The van der Waals surface area contributed by atoms with Crippen molar-refractivity contribution in [2.24, 2.45) is 4.99 Å². The number of guanidine groups is 1.